The van der Waals surface area contributed by atoms with E-state index in [-0.39, 0.29) is 5.92 Å². The Morgan fingerprint density at radius 2 is 2.04 bits per heavy atom. The summed E-state index contributed by atoms with van der Waals surface area (Å²) in [7, 11) is 1.76. The molecule has 0 aromatic carbocycles. The normalized spacial score (nSPS) is 22.9. The standard InChI is InChI=1S/C17H26F3N5S/c1-21-16(22-11-14-4-5-23(12-14)13-17(18,19)20)25-8-6-24(7-9-25)15-3-2-10-26-15/h2-3,10,14H,4-9,11-13H2,1H3,(H,21,22). The van der Waals surface area contributed by atoms with Gasteiger partial charge in [0.1, 0.15) is 0 Å². The van der Waals surface area contributed by atoms with Gasteiger partial charge in [-0.25, -0.2) is 0 Å². The molecule has 1 aromatic rings. The van der Waals surface area contributed by atoms with Gasteiger partial charge in [-0.1, -0.05) is 0 Å². The summed E-state index contributed by atoms with van der Waals surface area (Å²) in [6, 6.07) is 4.21. The van der Waals surface area contributed by atoms with Gasteiger partial charge in [-0.2, -0.15) is 13.2 Å². The molecule has 0 spiro atoms. The van der Waals surface area contributed by atoms with Crippen LogP contribution in [0.4, 0.5) is 18.2 Å². The molecule has 2 aliphatic rings. The lowest BCUT2D eigenvalue weighted by molar-refractivity contribution is -0.143. The van der Waals surface area contributed by atoms with Crippen LogP contribution in [0.25, 0.3) is 0 Å². The van der Waals surface area contributed by atoms with E-state index in [9.17, 15) is 13.2 Å². The highest BCUT2D eigenvalue weighted by atomic mass is 32.1. The number of anilines is 1. The first kappa shape index (κ1) is 19.3. The van der Waals surface area contributed by atoms with E-state index >= 15 is 0 Å². The van der Waals surface area contributed by atoms with Crippen LogP contribution in [0.1, 0.15) is 6.42 Å². The molecule has 1 unspecified atom stereocenters. The Labute approximate surface area is 156 Å². The smallest absolute Gasteiger partial charge is 0.360 e. The number of piperazine rings is 1. The van der Waals surface area contributed by atoms with Crippen molar-refractivity contribution in [1.29, 1.82) is 0 Å². The average Bonchev–Trinajstić information content (AvgIpc) is 3.27. The van der Waals surface area contributed by atoms with Crippen molar-refractivity contribution in [1.82, 2.24) is 15.1 Å². The fourth-order valence-electron chi connectivity index (χ4n) is 3.63. The highest BCUT2D eigenvalue weighted by Crippen LogP contribution is 2.23. The molecule has 1 aromatic heterocycles. The van der Waals surface area contributed by atoms with Crippen LogP contribution in [-0.4, -0.2) is 81.3 Å². The van der Waals surface area contributed by atoms with E-state index < -0.39 is 12.7 Å². The first-order valence-corrected chi connectivity index (χ1v) is 9.86. The van der Waals surface area contributed by atoms with Crippen LogP contribution in [0, 0.1) is 5.92 Å². The first-order valence-electron chi connectivity index (χ1n) is 8.98. The molecule has 2 aliphatic heterocycles. The first-order chi connectivity index (χ1) is 12.4. The van der Waals surface area contributed by atoms with Crippen molar-refractivity contribution >= 4 is 22.3 Å². The van der Waals surface area contributed by atoms with Crippen molar-refractivity contribution in [2.75, 3.05) is 64.3 Å². The van der Waals surface area contributed by atoms with Crippen molar-refractivity contribution in [3.8, 4) is 0 Å². The number of likely N-dealkylation sites (tertiary alicyclic amines) is 1. The van der Waals surface area contributed by atoms with Crippen LogP contribution >= 0.6 is 11.3 Å². The fourth-order valence-corrected chi connectivity index (χ4v) is 4.42. The van der Waals surface area contributed by atoms with Gasteiger partial charge in [0, 0.05) is 46.3 Å². The largest absolute Gasteiger partial charge is 0.401 e. The Bertz CT molecular complexity index is 582. The van der Waals surface area contributed by atoms with Gasteiger partial charge >= 0.3 is 6.18 Å². The van der Waals surface area contributed by atoms with Gasteiger partial charge in [-0.15, -0.1) is 11.3 Å². The van der Waals surface area contributed by atoms with E-state index in [1.165, 1.54) is 9.90 Å². The lowest BCUT2D eigenvalue weighted by Gasteiger charge is -2.37. The third kappa shape index (κ3) is 5.26. The number of rotatable bonds is 4. The summed E-state index contributed by atoms with van der Waals surface area (Å²) < 4.78 is 37.5. The van der Waals surface area contributed by atoms with Gasteiger partial charge in [0.05, 0.1) is 11.5 Å². The molecule has 9 heteroatoms. The Balaban J connectivity index is 1.42. The molecule has 1 N–H and O–H groups in total. The minimum atomic E-state index is -4.11. The molecule has 1 atom stereocenters. The molecule has 0 saturated carbocycles. The van der Waals surface area contributed by atoms with E-state index in [2.05, 4.69) is 37.6 Å². The number of guanidine groups is 1. The van der Waals surface area contributed by atoms with Crippen LogP contribution in [0.15, 0.2) is 22.5 Å². The number of nitrogens with zero attached hydrogens (tertiary/aromatic N) is 4. The highest BCUT2D eigenvalue weighted by molar-refractivity contribution is 7.14. The zero-order valence-electron chi connectivity index (χ0n) is 15.0. The van der Waals surface area contributed by atoms with Crippen LogP contribution in [0.5, 0.6) is 0 Å². The minimum absolute atomic E-state index is 0.238. The van der Waals surface area contributed by atoms with Crippen LogP contribution in [0.3, 0.4) is 0 Å². The van der Waals surface area contributed by atoms with Crippen LogP contribution in [0.2, 0.25) is 0 Å². The predicted octanol–water partition coefficient (Wildman–Crippen LogP) is 2.33. The molecular formula is C17H26F3N5S. The van der Waals surface area contributed by atoms with Gasteiger partial charge in [0.25, 0.3) is 0 Å². The zero-order valence-corrected chi connectivity index (χ0v) is 15.8. The molecule has 5 nitrogen and oxygen atoms in total. The molecule has 0 bridgehead atoms. The molecule has 146 valence electrons. The van der Waals surface area contributed by atoms with E-state index in [4.69, 9.17) is 0 Å². The number of thiophene rings is 1. The molecule has 0 amide bonds. The summed E-state index contributed by atoms with van der Waals surface area (Å²) >= 11 is 1.75. The minimum Gasteiger partial charge on any atom is -0.360 e. The quantitative estimate of drug-likeness (QED) is 0.633. The summed E-state index contributed by atoms with van der Waals surface area (Å²) in [5.41, 5.74) is 0. The van der Waals surface area contributed by atoms with Crippen LogP contribution in [-0.2, 0) is 0 Å². The lowest BCUT2D eigenvalue weighted by atomic mass is 10.1. The van der Waals surface area contributed by atoms with Crippen molar-refractivity contribution in [3.05, 3.63) is 17.5 Å². The van der Waals surface area contributed by atoms with E-state index in [1.807, 2.05) is 0 Å². The molecule has 26 heavy (non-hydrogen) atoms. The molecular weight excluding hydrogens is 363 g/mol. The second kappa shape index (κ2) is 8.47. The molecule has 3 heterocycles. The third-order valence-corrected chi connectivity index (χ3v) is 5.86. The second-order valence-corrected chi connectivity index (χ2v) is 7.78. The van der Waals surface area contributed by atoms with Crippen LogP contribution < -0.4 is 10.2 Å². The zero-order chi connectivity index (χ0) is 18.6. The number of halogens is 3. The Kier molecular flexibility index (Phi) is 6.29. The summed E-state index contributed by atoms with van der Waals surface area (Å²) in [6.07, 6.45) is -3.31. The maximum Gasteiger partial charge on any atom is 0.401 e. The van der Waals surface area contributed by atoms with E-state index in [0.717, 1.165) is 38.6 Å². The third-order valence-electron chi connectivity index (χ3n) is 4.93. The average molecular weight is 389 g/mol. The lowest BCUT2D eigenvalue weighted by Crippen LogP contribution is -2.53. The summed E-state index contributed by atoms with van der Waals surface area (Å²) in [5.74, 6) is 1.09. The Hall–Kier alpha value is -1.48. The molecule has 2 saturated heterocycles. The molecule has 0 radical (unpaired) electrons. The Morgan fingerprint density at radius 1 is 1.27 bits per heavy atom. The van der Waals surface area contributed by atoms with E-state index in [0.29, 0.717) is 19.6 Å². The molecule has 2 fully saturated rings. The second-order valence-electron chi connectivity index (χ2n) is 6.86. The monoisotopic (exact) mass is 389 g/mol. The topological polar surface area (TPSA) is 34.1 Å². The number of alkyl halides is 3. The van der Waals surface area contributed by atoms with Gasteiger partial charge in [-0.3, -0.25) is 9.89 Å². The SMILES string of the molecule is CN=C(NCC1CCN(CC(F)(F)F)C1)N1CCN(c2cccs2)CC1. The number of nitrogens with one attached hydrogen (secondary N) is 1. The maximum atomic E-state index is 12.5. The predicted molar refractivity (Wildman–Crippen MR) is 100 cm³/mol. The summed E-state index contributed by atoms with van der Waals surface area (Å²) in [4.78, 5) is 10.5. The number of hydrogen-bond donors (Lipinski definition) is 1. The van der Waals surface area contributed by atoms with Crippen molar-refractivity contribution in [3.63, 3.8) is 0 Å². The van der Waals surface area contributed by atoms with Gasteiger partial charge in [0.15, 0.2) is 5.96 Å². The highest BCUT2D eigenvalue weighted by Gasteiger charge is 2.34. The summed E-state index contributed by atoms with van der Waals surface area (Å²) in [5, 5.41) is 6.75. The number of aliphatic imine (C=N–C) groups is 1. The Morgan fingerprint density at radius 3 is 2.65 bits per heavy atom. The number of hydrogen-bond acceptors (Lipinski definition) is 4. The molecule has 3 rings (SSSR count). The van der Waals surface area contributed by atoms with Gasteiger partial charge in [0.2, 0.25) is 0 Å². The van der Waals surface area contributed by atoms with Crippen molar-refractivity contribution in [2.45, 2.75) is 12.6 Å². The van der Waals surface area contributed by atoms with Crippen molar-refractivity contribution in [2.24, 2.45) is 10.9 Å². The van der Waals surface area contributed by atoms with Crippen molar-refractivity contribution < 1.29 is 13.2 Å². The van der Waals surface area contributed by atoms with Gasteiger partial charge < -0.3 is 15.1 Å². The van der Waals surface area contributed by atoms with Gasteiger partial charge in [-0.05, 0) is 36.4 Å². The molecule has 0 aliphatic carbocycles. The maximum absolute atomic E-state index is 12.5. The van der Waals surface area contributed by atoms with E-state index in [1.54, 1.807) is 18.4 Å². The summed E-state index contributed by atoms with van der Waals surface area (Å²) in [6.45, 7) is 4.56. The fraction of sp³-hybridized carbons (Fsp3) is 0.706.